The number of likely N-dealkylation sites (tertiary alicyclic amines) is 1. The largest absolute Gasteiger partial charge is 0.450 e. The maximum atomic E-state index is 12.0. The Morgan fingerprint density at radius 3 is 2.76 bits per heavy atom. The molecule has 2 aliphatic carbocycles. The lowest BCUT2D eigenvalue weighted by molar-refractivity contribution is -0.00615. The molecule has 4 aliphatic rings. The number of rotatable bonds is 4. The van der Waals surface area contributed by atoms with Crippen LogP contribution in [0.4, 0.5) is 10.6 Å². The highest BCUT2D eigenvalue weighted by Crippen LogP contribution is 2.53. The number of carbonyl (C=O) groups is 1. The molecule has 174 valence electrons. The van der Waals surface area contributed by atoms with Crippen LogP contribution in [0.15, 0.2) is 36.9 Å². The van der Waals surface area contributed by atoms with Gasteiger partial charge >= 0.3 is 6.09 Å². The summed E-state index contributed by atoms with van der Waals surface area (Å²) in [5, 5.41) is 0. The van der Waals surface area contributed by atoms with Gasteiger partial charge in [0.15, 0.2) is 0 Å². The first kappa shape index (κ1) is 20.8. The van der Waals surface area contributed by atoms with E-state index in [9.17, 15) is 4.79 Å². The van der Waals surface area contributed by atoms with Gasteiger partial charge < -0.3 is 14.5 Å². The highest BCUT2D eigenvalue weighted by Gasteiger charge is 2.58. The Kier molecular flexibility index (Phi) is 5.01. The second kappa shape index (κ2) is 7.94. The standard InChI is InChI=1S/C25H32N6O2/c1-2-33-23(32)30-16-24(17-30)6-5-19(14-24)31-13-12-29(18-25(31)7-8-25)22-20(4-3-9-28-22)21-15-26-10-11-27-21/h3-4,9-11,15,19H,2,5-8,12-14,16-18H2,1H3. The molecule has 6 rings (SSSR count). The molecule has 0 N–H and O–H groups in total. The summed E-state index contributed by atoms with van der Waals surface area (Å²) in [7, 11) is 0. The van der Waals surface area contributed by atoms with Crippen LogP contribution in [0.2, 0.25) is 0 Å². The fourth-order valence-corrected chi connectivity index (χ4v) is 6.46. The van der Waals surface area contributed by atoms with E-state index in [1.54, 1.807) is 12.4 Å². The smallest absolute Gasteiger partial charge is 0.409 e. The van der Waals surface area contributed by atoms with Gasteiger partial charge in [-0.15, -0.1) is 0 Å². The minimum atomic E-state index is -0.145. The van der Waals surface area contributed by atoms with Crippen LogP contribution in [0, 0.1) is 5.41 Å². The summed E-state index contributed by atoms with van der Waals surface area (Å²) < 4.78 is 5.19. The molecule has 8 nitrogen and oxygen atoms in total. The van der Waals surface area contributed by atoms with Gasteiger partial charge in [0, 0.05) is 73.9 Å². The maximum absolute atomic E-state index is 12.0. The topological polar surface area (TPSA) is 74.7 Å². The fourth-order valence-electron chi connectivity index (χ4n) is 6.46. The van der Waals surface area contributed by atoms with Crippen molar-refractivity contribution in [1.82, 2.24) is 24.8 Å². The number of amides is 1. The number of carbonyl (C=O) groups excluding carboxylic acids is 1. The number of nitrogens with zero attached hydrogens (tertiary/aromatic N) is 6. The zero-order chi connectivity index (χ0) is 22.5. The lowest BCUT2D eigenvalue weighted by Crippen LogP contribution is -2.60. The van der Waals surface area contributed by atoms with Crippen molar-refractivity contribution in [3.05, 3.63) is 36.9 Å². The predicted octanol–water partition coefficient (Wildman–Crippen LogP) is 3.20. The van der Waals surface area contributed by atoms with E-state index < -0.39 is 0 Å². The highest BCUT2D eigenvalue weighted by molar-refractivity contribution is 5.73. The molecule has 0 radical (unpaired) electrons. The first-order chi connectivity index (χ1) is 16.1. The van der Waals surface area contributed by atoms with E-state index in [1.807, 2.05) is 30.3 Å². The molecule has 8 heteroatoms. The lowest BCUT2D eigenvalue weighted by atomic mass is 9.78. The van der Waals surface area contributed by atoms with Gasteiger partial charge in [-0.3, -0.25) is 14.9 Å². The highest BCUT2D eigenvalue weighted by atomic mass is 16.6. The van der Waals surface area contributed by atoms with E-state index in [-0.39, 0.29) is 11.6 Å². The fraction of sp³-hybridized carbons (Fsp3) is 0.600. The summed E-state index contributed by atoms with van der Waals surface area (Å²) >= 11 is 0. The normalized spacial score (nSPS) is 25.3. The molecule has 4 fully saturated rings. The summed E-state index contributed by atoms with van der Waals surface area (Å²) in [5.41, 5.74) is 2.52. The van der Waals surface area contributed by atoms with Crippen molar-refractivity contribution < 1.29 is 9.53 Å². The van der Waals surface area contributed by atoms with E-state index in [2.05, 4.69) is 25.8 Å². The lowest BCUT2D eigenvalue weighted by Gasteiger charge is -2.49. The number of piperazine rings is 1. The molecule has 1 atom stereocenters. The van der Waals surface area contributed by atoms with Crippen molar-refractivity contribution in [3.63, 3.8) is 0 Å². The Bertz CT molecular complexity index is 1020. The number of anilines is 1. The van der Waals surface area contributed by atoms with Gasteiger partial charge in [0.1, 0.15) is 5.82 Å². The molecule has 4 heterocycles. The molecule has 33 heavy (non-hydrogen) atoms. The van der Waals surface area contributed by atoms with Crippen molar-refractivity contribution in [2.75, 3.05) is 44.2 Å². The molecule has 1 amide bonds. The summed E-state index contributed by atoms with van der Waals surface area (Å²) in [6.45, 7) is 7.12. The third kappa shape index (κ3) is 3.64. The molecule has 1 unspecified atom stereocenters. The predicted molar refractivity (Wildman–Crippen MR) is 125 cm³/mol. The Labute approximate surface area is 195 Å². The minimum Gasteiger partial charge on any atom is -0.450 e. The number of pyridine rings is 1. The Balaban J connectivity index is 1.14. The SMILES string of the molecule is CCOC(=O)N1CC2(CCC(N3CCN(c4ncccc4-c4cnccn4)CC34CC4)C2)C1. The van der Waals surface area contributed by atoms with Gasteiger partial charge in [0.2, 0.25) is 0 Å². The molecule has 0 aromatic carbocycles. The average Bonchev–Trinajstić information content (AvgIpc) is 3.43. The average molecular weight is 449 g/mol. The van der Waals surface area contributed by atoms with Gasteiger partial charge in [0.25, 0.3) is 0 Å². The van der Waals surface area contributed by atoms with Crippen molar-refractivity contribution in [1.29, 1.82) is 0 Å². The van der Waals surface area contributed by atoms with Crippen molar-refractivity contribution in [3.8, 4) is 11.3 Å². The quantitative estimate of drug-likeness (QED) is 0.711. The summed E-state index contributed by atoms with van der Waals surface area (Å²) in [4.78, 5) is 32.7. The van der Waals surface area contributed by atoms with E-state index in [4.69, 9.17) is 9.72 Å². The number of hydrogen-bond acceptors (Lipinski definition) is 7. The Morgan fingerprint density at radius 2 is 2.00 bits per heavy atom. The summed E-state index contributed by atoms with van der Waals surface area (Å²) in [6.07, 6.45) is 13.2. The molecular weight excluding hydrogens is 416 g/mol. The molecular formula is C25H32N6O2. The van der Waals surface area contributed by atoms with Crippen LogP contribution < -0.4 is 4.90 Å². The van der Waals surface area contributed by atoms with Crippen LogP contribution in [0.1, 0.15) is 39.0 Å². The summed E-state index contributed by atoms with van der Waals surface area (Å²) in [6, 6.07) is 4.71. The second-order valence-electron chi connectivity index (χ2n) is 10.3. The van der Waals surface area contributed by atoms with Gasteiger partial charge in [-0.2, -0.15) is 0 Å². The minimum absolute atomic E-state index is 0.145. The van der Waals surface area contributed by atoms with Crippen LogP contribution in [0.5, 0.6) is 0 Å². The van der Waals surface area contributed by atoms with E-state index >= 15 is 0 Å². The van der Waals surface area contributed by atoms with Gasteiger partial charge in [-0.1, -0.05) is 0 Å². The molecule has 0 bridgehead atoms. The number of ether oxygens (including phenoxy) is 1. The number of hydrogen-bond donors (Lipinski definition) is 0. The third-order valence-electron chi connectivity index (χ3n) is 8.15. The Morgan fingerprint density at radius 1 is 1.12 bits per heavy atom. The molecule has 2 aromatic heterocycles. The van der Waals surface area contributed by atoms with E-state index in [1.165, 1.54) is 32.1 Å². The van der Waals surface area contributed by atoms with Crippen molar-refractivity contribution in [2.24, 2.45) is 5.41 Å². The van der Waals surface area contributed by atoms with E-state index in [0.717, 1.165) is 49.8 Å². The third-order valence-corrected chi connectivity index (χ3v) is 8.15. The maximum Gasteiger partial charge on any atom is 0.409 e. The first-order valence-electron chi connectivity index (χ1n) is 12.3. The van der Waals surface area contributed by atoms with Crippen molar-refractivity contribution >= 4 is 11.9 Å². The zero-order valence-electron chi connectivity index (χ0n) is 19.3. The Hall–Kier alpha value is -2.74. The zero-order valence-corrected chi connectivity index (χ0v) is 19.3. The van der Waals surface area contributed by atoms with Crippen LogP contribution >= 0.6 is 0 Å². The molecule has 2 saturated carbocycles. The second-order valence-corrected chi connectivity index (χ2v) is 10.3. The van der Waals surface area contributed by atoms with Gasteiger partial charge in [-0.25, -0.2) is 9.78 Å². The van der Waals surface area contributed by atoms with Crippen molar-refractivity contribution in [2.45, 2.75) is 50.6 Å². The van der Waals surface area contributed by atoms with E-state index in [0.29, 0.717) is 18.1 Å². The monoisotopic (exact) mass is 448 g/mol. The first-order valence-corrected chi connectivity index (χ1v) is 12.3. The van der Waals surface area contributed by atoms with Crippen LogP contribution in [0.25, 0.3) is 11.3 Å². The number of aromatic nitrogens is 3. The van der Waals surface area contributed by atoms with Gasteiger partial charge in [-0.05, 0) is 51.2 Å². The van der Waals surface area contributed by atoms with Gasteiger partial charge in [0.05, 0.1) is 18.5 Å². The molecule has 2 aliphatic heterocycles. The molecule has 2 spiro atoms. The van der Waals surface area contributed by atoms with Crippen LogP contribution in [-0.4, -0.2) is 81.8 Å². The van der Waals surface area contributed by atoms with Crippen LogP contribution in [0.3, 0.4) is 0 Å². The summed E-state index contributed by atoms with van der Waals surface area (Å²) in [5.74, 6) is 1.02. The van der Waals surface area contributed by atoms with Crippen LogP contribution in [-0.2, 0) is 4.74 Å². The molecule has 2 saturated heterocycles. The molecule has 2 aromatic rings.